The summed E-state index contributed by atoms with van der Waals surface area (Å²) in [5.74, 6) is 0. The highest BCUT2D eigenvalue weighted by molar-refractivity contribution is 4.99. The summed E-state index contributed by atoms with van der Waals surface area (Å²) >= 11 is 0. The van der Waals surface area contributed by atoms with Crippen LogP contribution in [-0.4, -0.2) is 22.5 Å². The van der Waals surface area contributed by atoms with Gasteiger partial charge in [0.15, 0.2) is 0 Å². The fourth-order valence-electron chi connectivity index (χ4n) is 3.49. The molecule has 90 valence electrons. The van der Waals surface area contributed by atoms with Gasteiger partial charge in [-0.05, 0) is 58.9 Å². The Hall–Kier alpha value is -0.0400. The first-order valence-electron chi connectivity index (χ1n) is 6.32. The molecule has 0 spiro atoms. The summed E-state index contributed by atoms with van der Waals surface area (Å²) in [4.78, 5) is 2.71. The van der Waals surface area contributed by atoms with E-state index < -0.39 is 0 Å². The zero-order valence-electron chi connectivity index (χ0n) is 11.8. The van der Waals surface area contributed by atoms with Crippen molar-refractivity contribution in [2.24, 2.45) is 5.41 Å². The van der Waals surface area contributed by atoms with E-state index in [0.717, 1.165) is 0 Å². The van der Waals surface area contributed by atoms with Crippen LogP contribution in [-0.2, 0) is 0 Å². The summed E-state index contributed by atoms with van der Waals surface area (Å²) in [6.07, 6.45) is 4.03. The third-order valence-electron chi connectivity index (χ3n) is 3.47. The van der Waals surface area contributed by atoms with Crippen molar-refractivity contribution in [2.75, 3.05) is 6.54 Å². The van der Waals surface area contributed by atoms with Crippen LogP contribution in [0.5, 0.6) is 0 Å². The molecule has 1 saturated heterocycles. The minimum atomic E-state index is 0.316. The van der Waals surface area contributed by atoms with Crippen LogP contribution in [0.1, 0.15) is 67.7 Å². The van der Waals surface area contributed by atoms with Crippen molar-refractivity contribution in [2.45, 2.75) is 78.8 Å². The van der Waals surface area contributed by atoms with Crippen LogP contribution in [0.4, 0.5) is 0 Å². The molecule has 1 heteroatoms. The number of hydrogen-bond donors (Lipinski definition) is 0. The Balaban J connectivity index is 2.82. The molecular formula is C14H29N. The van der Waals surface area contributed by atoms with Crippen LogP contribution < -0.4 is 0 Å². The number of rotatable bonds is 1. The Morgan fingerprint density at radius 2 is 1.60 bits per heavy atom. The Kier molecular flexibility index (Phi) is 3.27. The fourth-order valence-corrected chi connectivity index (χ4v) is 3.49. The maximum atomic E-state index is 2.71. The first kappa shape index (κ1) is 13.0. The molecule has 1 nitrogen and oxygen atoms in total. The quantitative estimate of drug-likeness (QED) is 0.632. The minimum Gasteiger partial charge on any atom is -0.293 e. The Morgan fingerprint density at radius 3 is 2.00 bits per heavy atom. The third-order valence-corrected chi connectivity index (χ3v) is 3.47. The molecule has 1 rings (SSSR count). The molecule has 0 aliphatic carbocycles. The van der Waals surface area contributed by atoms with Crippen molar-refractivity contribution in [3.05, 3.63) is 0 Å². The second-order valence-electron chi connectivity index (χ2n) is 7.66. The summed E-state index contributed by atoms with van der Waals surface area (Å²) in [6, 6.07) is 0. The average Bonchev–Trinajstić information content (AvgIpc) is 2.24. The highest BCUT2D eigenvalue weighted by atomic mass is 15.3. The maximum absolute atomic E-state index is 2.71. The number of likely N-dealkylation sites (tertiary alicyclic amines) is 1. The minimum absolute atomic E-state index is 0.316. The molecular weight excluding hydrogens is 182 g/mol. The SMILES string of the molecule is CC(C)(C)CC1(C)CCCN1C(C)(C)C. The molecule has 0 saturated carbocycles. The molecule has 0 amide bonds. The van der Waals surface area contributed by atoms with E-state index in [-0.39, 0.29) is 0 Å². The lowest BCUT2D eigenvalue weighted by Crippen LogP contribution is -2.53. The van der Waals surface area contributed by atoms with Crippen molar-refractivity contribution >= 4 is 0 Å². The van der Waals surface area contributed by atoms with Gasteiger partial charge in [0.05, 0.1) is 0 Å². The second-order valence-corrected chi connectivity index (χ2v) is 7.66. The van der Waals surface area contributed by atoms with Gasteiger partial charge in [0.1, 0.15) is 0 Å². The monoisotopic (exact) mass is 211 g/mol. The predicted molar refractivity (Wildman–Crippen MR) is 68.2 cm³/mol. The first-order chi connectivity index (χ1) is 6.55. The van der Waals surface area contributed by atoms with Gasteiger partial charge in [0, 0.05) is 11.1 Å². The van der Waals surface area contributed by atoms with Gasteiger partial charge in [-0.15, -0.1) is 0 Å². The van der Waals surface area contributed by atoms with E-state index in [9.17, 15) is 0 Å². The lowest BCUT2D eigenvalue weighted by molar-refractivity contribution is 0.0274. The molecule has 1 unspecified atom stereocenters. The molecule has 0 N–H and O–H groups in total. The van der Waals surface area contributed by atoms with E-state index in [1.165, 1.54) is 25.8 Å². The Bertz CT molecular complexity index is 218. The summed E-state index contributed by atoms with van der Waals surface area (Å²) in [5, 5.41) is 0. The summed E-state index contributed by atoms with van der Waals surface area (Å²) in [6.45, 7) is 17.8. The maximum Gasteiger partial charge on any atom is 0.0192 e. The van der Waals surface area contributed by atoms with Crippen molar-refractivity contribution in [1.29, 1.82) is 0 Å². The molecule has 1 heterocycles. The standard InChI is InChI=1S/C14H29N/c1-12(2,3)11-14(7)9-8-10-15(14)13(4,5)6/h8-11H2,1-7H3. The fraction of sp³-hybridized carbons (Fsp3) is 1.00. The summed E-state index contributed by atoms with van der Waals surface area (Å²) < 4.78 is 0. The summed E-state index contributed by atoms with van der Waals surface area (Å²) in [7, 11) is 0. The van der Waals surface area contributed by atoms with E-state index in [1.807, 2.05) is 0 Å². The molecule has 1 aliphatic rings. The van der Waals surface area contributed by atoms with Gasteiger partial charge < -0.3 is 0 Å². The number of hydrogen-bond acceptors (Lipinski definition) is 1. The van der Waals surface area contributed by atoms with E-state index in [0.29, 0.717) is 16.5 Å². The van der Waals surface area contributed by atoms with Crippen molar-refractivity contribution in [3.8, 4) is 0 Å². The molecule has 0 aromatic carbocycles. The van der Waals surface area contributed by atoms with Crippen LogP contribution in [0.15, 0.2) is 0 Å². The normalized spacial score (nSPS) is 29.8. The van der Waals surface area contributed by atoms with Crippen molar-refractivity contribution in [3.63, 3.8) is 0 Å². The number of nitrogens with zero attached hydrogens (tertiary/aromatic N) is 1. The van der Waals surface area contributed by atoms with Crippen LogP contribution in [0.2, 0.25) is 0 Å². The largest absolute Gasteiger partial charge is 0.293 e. The zero-order valence-corrected chi connectivity index (χ0v) is 11.8. The van der Waals surface area contributed by atoms with Gasteiger partial charge in [-0.2, -0.15) is 0 Å². The van der Waals surface area contributed by atoms with E-state index in [2.05, 4.69) is 53.4 Å². The lowest BCUT2D eigenvalue weighted by Gasteiger charge is -2.47. The summed E-state index contributed by atoms with van der Waals surface area (Å²) in [5.41, 5.74) is 1.16. The topological polar surface area (TPSA) is 3.24 Å². The Morgan fingerprint density at radius 1 is 1.07 bits per heavy atom. The molecule has 0 bridgehead atoms. The van der Waals surface area contributed by atoms with Crippen molar-refractivity contribution < 1.29 is 0 Å². The van der Waals surface area contributed by atoms with Gasteiger partial charge in [0.2, 0.25) is 0 Å². The molecule has 1 aliphatic heterocycles. The van der Waals surface area contributed by atoms with Gasteiger partial charge in [-0.1, -0.05) is 20.8 Å². The van der Waals surface area contributed by atoms with Gasteiger partial charge in [0.25, 0.3) is 0 Å². The first-order valence-corrected chi connectivity index (χ1v) is 6.32. The molecule has 1 atom stereocenters. The van der Waals surface area contributed by atoms with Crippen LogP contribution in [0, 0.1) is 5.41 Å². The highest BCUT2D eigenvalue weighted by Gasteiger charge is 2.43. The molecule has 15 heavy (non-hydrogen) atoms. The lowest BCUT2D eigenvalue weighted by atomic mass is 9.78. The smallest absolute Gasteiger partial charge is 0.0192 e. The molecule has 0 radical (unpaired) electrons. The Labute approximate surface area is 96.2 Å². The molecule has 1 fully saturated rings. The molecule has 0 aromatic heterocycles. The highest BCUT2D eigenvalue weighted by Crippen LogP contribution is 2.42. The van der Waals surface area contributed by atoms with E-state index >= 15 is 0 Å². The third kappa shape index (κ3) is 3.21. The van der Waals surface area contributed by atoms with Crippen LogP contribution in [0.3, 0.4) is 0 Å². The van der Waals surface area contributed by atoms with Crippen LogP contribution in [0.25, 0.3) is 0 Å². The molecule has 0 aromatic rings. The van der Waals surface area contributed by atoms with E-state index in [4.69, 9.17) is 0 Å². The van der Waals surface area contributed by atoms with Gasteiger partial charge in [-0.3, -0.25) is 4.90 Å². The predicted octanol–water partition coefficient (Wildman–Crippen LogP) is 4.08. The van der Waals surface area contributed by atoms with E-state index in [1.54, 1.807) is 0 Å². The van der Waals surface area contributed by atoms with Gasteiger partial charge in [-0.25, -0.2) is 0 Å². The van der Waals surface area contributed by atoms with Gasteiger partial charge >= 0.3 is 0 Å². The second kappa shape index (κ2) is 3.76. The average molecular weight is 211 g/mol. The van der Waals surface area contributed by atoms with Crippen LogP contribution >= 0.6 is 0 Å². The zero-order chi connectivity index (χ0) is 11.9. The van der Waals surface area contributed by atoms with Crippen molar-refractivity contribution in [1.82, 2.24) is 4.90 Å².